The monoisotopic (exact) mass is 526 g/mol. The van der Waals surface area contributed by atoms with Crippen LogP contribution in [-0.4, -0.2) is 21.8 Å². The number of nitrogens with zero attached hydrogens (tertiary/aromatic N) is 4. The number of oxime groups is 2. The molecule has 2 heterocycles. The molecule has 0 aromatic carbocycles. The molecular formula is C14H16I2N4O2. The standard InChI is InChI=1S/C14H14N4O2.2HI/c1-17-9-5-3-7-11(17)13(15-19)14(16-20)12-8-4-6-10-18(12)2;;/h3-10H,1-2H3;2*1H. The van der Waals surface area contributed by atoms with Crippen molar-refractivity contribution in [2.45, 2.75) is 0 Å². The van der Waals surface area contributed by atoms with Gasteiger partial charge in [-0.1, -0.05) is 10.3 Å². The Morgan fingerprint density at radius 1 is 0.773 bits per heavy atom. The molecule has 0 aliphatic carbocycles. The zero-order valence-electron chi connectivity index (χ0n) is 12.1. The largest absolute Gasteiger partial charge is 1.00 e. The summed E-state index contributed by atoms with van der Waals surface area (Å²) in [7, 11) is 3.64. The third-order valence-corrected chi connectivity index (χ3v) is 3.02. The second kappa shape index (κ2) is 9.66. The molecule has 0 saturated carbocycles. The van der Waals surface area contributed by atoms with Crippen molar-refractivity contribution in [3.63, 3.8) is 0 Å². The smallest absolute Gasteiger partial charge is 0.236 e. The molecule has 2 N–H and O–H groups in total. The molecule has 22 heavy (non-hydrogen) atoms. The lowest BCUT2D eigenvalue weighted by molar-refractivity contribution is -0.674. The quantitative estimate of drug-likeness (QED) is 0.138. The first-order valence-corrected chi connectivity index (χ1v) is 6.03. The lowest BCUT2D eigenvalue weighted by Gasteiger charge is -2.04. The van der Waals surface area contributed by atoms with Gasteiger partial charge in [0.2, 0.25) is 22.8 Å². The molecule has 6 nitrogen and oxygen atoms in total. The van der Waals surface area contributed by atoms with Crippen molar-refractivity contribution >= 4 is 11.4 Å². The van der Waals surface area contributed by atoms with E-state index in [0.29, 0.717) is 11.4 Å². The molecule has 0 radical (unpaired) electrons. The summed E-state index contributed by atoms with van der Waals surface area (Å²) in [6, 6.07) is 10.9. The van der Waals surface area contributed by atoms with Crippen LogP contribution in [0.25, 0.3) is 0 Å². The third kappa shape index (κ3) is 4.35. The number of hydrogen-bond donors (Lipinski definition) is 2. The molecule has 2 rings (SSSR count). The average molecular weight is 526 g/mol. The fraction of sp³-hybridized carbons (Fsp3) is 0.143. The number of hydrogen-bond acceptors (Lipinski definition) is 4. The Morgan fingerprint density at radius 3 is 1.41 bits per heavy atom. The first kappa shape index (κ1) is 20.7. The Bertz CT molecular complexity index is 631. The lowest BCUT2D eigenvalue weighted by Crippen LogP contribution is -3.00. The average Bonchev–Trinajstić information content (AvgIpc) is 2.47. The minimum absolute atomic E-state index is 0. The number of aromatic nitrogens is 2. The molecule has 0 fully saturated rings. The maximum absolute atomic E-state index is 9.33. The van der Waals surface area contributed by atoms with Crippen molar-refractivity contribution in [3.05, 3.63) is 60.2 Å². The highest BCUT2D eigenvalue weighted by Gasteiger charge is 2.28. The number of aryl methyl sites for hydroxylation is 2. The molecule has 0 bridgehead atoms. The van der Waals surface area contributed by atoms with Gasteiger partial charge in [-0.3, -0.25) is 0 Å². The topological polar surface area (TPSA) is 72.9 Å². The zero-order chi connectivity index (χ0) is 14.5. The normalized spacial score (nSPS) is 11.4. The van der Waals surface area contributed by atoms with Gasteiger partial charge in [0.15, 0.2) is 12.4 Å². The van der Waals surface area contributed by atoms with Gasteiger partial charge in [-0.2, -0.15) is 9.13 Å². The molecule has 0 aliphatic heterocycles. The second-order valence-electron chi connectivity index (χ2n) is 4.29. The number of rotatable bonds is 3. The molecule has 0 atom stereocenters. The molecule has 0 amide bonds. The van der Waals surface area contributed by atoms with Gasteiger partial charge in [-0.15, -0.1) is 0 Å². The van der Waals surface area contributed by atoms with Gasteiger partial charge in [-0.05, 0) is 12.1 Å². The van der Waals surface area contributed by atoms with Gasteiger partial charge in [0.05, 0.1) is 0 Å². The fourth-order valence-electron chi connectivity index (χ4n) is 1.98. The Hall–Kier alpha value is -1.30. The highest BCUT2D eigenvalue weighted by molar-refractivity contribution is 6.51. The van der Waals surface area contributed by atoms with Crippen LogP contribution in [-0.2, 0) is 14.1 Å². The molecule has 2 aromatic rings. The van der Waals surface area contributed by atoms with Crippen LogP contribution in [0.15, 0.2) is 59.1 Å². The van der Waals surface area contributed by atoms with E-state index in [1.54, 1.807) is 21.3 Å². The van der Waals surface area contributed by atoms with Crippen molar-refractivity contribution in [1.29, 1.82) is 0 Å². The summed E-state index contributed by atoms with van der Waals surface area (Å²) in [6.45, 7) is 0. The molecule has 0 spiro atoms. The van der Waals surface area contributed by atoms with Gasteiger partial charge in [0.1, 0.15) is 14.1 Å². The van der Waals surface area contributed by atoms with E-state index >= 15 is 0 Å². The number of halogens is 2. The predicted molar refractivity (Wildman–Crippen MR) is 71.9 cm³/mol. The van der Waals surface area contributed by atoms with E-state index in [0.717, 1.165) is 0 Å². The molecule has 8 heteroatoms. The van der Waals surface area contributed by atoms with E-state index in [9.17, 15) is 10.4 Å². The van der Waals surface area contributed by atoms with Crippen LogP contribution >= 0.6 is 0 Å². The summed E-state index contributed by atoms with van der Waals surface area (Å²) < 4.78 is 3.56. The van der Waals surface area contributed by atoms with Gasteiger partial charge in [-0.25, -0.2) is 0 Å². The summed E-state index contributed by atoms with van der Waals surface area (Å²) in [5.74, 6) is 0. The molecule has 0 unspecified atom stereocenters. The first-order chi connectivity index (χ1) is 9.69. The Balaban J connectivity index is 0.00000220. The summed E-state index contributed by atoms with van der Waals surface area (Å²) in [4.78, 5) is 0. The van der Waals surface area contributed by atoms with Crippen LogP contribution in [0.1, 0.15) is 11.4 Å². The molecular weight excluding hydrogens is 510 g/mol. The van der Waals surface area contributed by atoms with Crippen LogP contribution in [0, 0.1) is 0 Å². The number of pyridine rings is 2. The van der Waals surface area contributed by atoms with Crippen molar-refractivity contribution < 1.29 is 67.5 Å². The maximum atomic E-state index is 9.33. The Morgan fingerprint density at radius 2 is 1.14 bits per heavy atom. The SMILES string of the molecule is C[n+]1ccccc1C(=N/O)/C(=N\O)c1cccc[n+]1C.[I-].[I-]. The summed E-state index contributed by atoms with van der Waals surface area (Å²) in [5, 5.41) is 25.3. The van der Waals surface area contributed by atoms with E-state index in [4.69, 9.17) is 0 Å². The lowest BCUT2D eigenvalue weighted by atomic mass is 10.1. The minimum atomic E-state index is 0. The van der Waals surface area contributed by atoms with E-state index in [-0.39, 0.29) is 59.4 Å². The summed E-state index contributed by atoms with van der Waals surface area (Å²) in [6.07, 6.45) is 3.64. The van der Waals surface area contributed by atoms with Crippen LogP contribution in [0.4, 0.5) is 0 Å². The van der Waals surface area contributed by atoms with Crippen LogP contribution < -0.4 is 57.1 Å². The van der Waals surface area contributed by atoms with Crippen LogP contribution in [0.2, 0.25) is 0 Å². The molecule has 118 valence electrons. The van der Waals surface area contributed by atoms with Crippen molar-refractivity contribution in [2.75, 3.05) is 0 Å². The summed E-state index contributed by atoms with van der Waals surface area (Å²) >= 11 is 0. The highest BCUT2D eigenvalue weighted by Crippen LogP contribution is 2.03. The Kier molecular flexibility index (Phi) is 9.09. The van der Waals surface area contributed by atoms with Gasteiger partial charge >= 0.3 is 0 Å². The van der Waals surface area contributed by atoms with E-state index in [1.807, 2.05) is 50.8 Å². The van der Waals surface area contributed by atoms with Gasteiger partial charge in [0.25, 0.3) is 0 Å². The predicted octanol–water partition coefficient (Wildman–Crippen LogP) is -5.60. The molecule has 0 saturated heterocycles. The minimum Gasteiger partial charge on any atom is -1.00 e. The van der Waals surface area contributed by atoms with Crippen LogP contribution in [0.5, 0.6) is 0 Å². The third-order valence-electron chi connectivity index (χ3n) is 3.02. The van der Waals surface area contributed by atoms with E-state index in [2.05, 4.69) is 10.3 Å². The van der Waals surface area contributed by atoms with Gasteiger partial charge < -0.3 is 58.4 Å². The highest BCUT2D eigenvalue weighted by atomic mass is 127. The maximum Gasteiger partial charge on any atom is 0.236 e. The zero-order valence-corrected chi connectivity index (χ0v) is 16.4. The van der Waals surface area contributed by atoms with Crippen molar-refractivity contribution in [1.82, 2.24) is 0 Å². The van der Waals surface area contributed by atoms with Crippen molar-refractivity contribution in [2.24, 2.45) is 24.4 Å². The second-order valence-corrected chi connectivity index (χ2v) is 4.29. The van der Waals surface area contributed by atoms with Gasteiger partial charge in [0, 0.05) is 24.3 Å². The molecule has 2 aromatic heterocycles. The summed E-state index contributed by atoms with van der Waals surface area (Å²) in [5.41, 5.74) is 1.65. The van der Waals surface area contributed by atoms with E-state index < -0.39 is 0 Å². The van der Waals surface area contributed by atoms with E-state index in [1.165, 1.54) is 0 Å². The Labute approximate surface area is 162 Å². The fourth-order valence-corrected chi connectivity index (χ4v) is 1.98. The first-order valence-electron chi connectivity index (χ1n) is 6.03. The molecule has 0 aliphatic rings. The van der Waals surface area contributed by atoms with Crippen LogP contribution in [0.3, 0.4) is 0 Å². The van der Waals surface area contributed by atoms with Crippen molar-refractivity contribution in [3.8, 4) is 0 Å².